The molecule has 0 aromatic heterocycles. The van der Waals surface area contributed by atoms with Gasteiger partial charge in [0, 0.05) is 12.6 Å². The van der Waals surface area contributed by atoms with Crippen LogP contribution in [0.25, 0.3) is 0 Å². The van der Waals surface area contributed by atoms with Gasteiger partial charge in [-0.2, -0.15) is 0 Å². The second kappa shape index (κ2) is 7.40. The summed E-state index contributed by atoms with van der Waals surface area (Å²) in [6.07, 6.45) is 0. The highest BCUT2D eigenvalue weighted by Gasteiger charge is 2.17. The van der Waals surface area contributed by atoms with Crippen LogP contribution in [0.15, 0.2) is 41.3 Å². The van der Waals surface area contributed by atoms with Crippen LogP contribution in [0.2, 0.25) is 10.0 Å². The van der Waals surface area contributed by atoms with Crippen molar-refractivity contribution in [3.05, 3.63) is 52.0 Å². The number of nitrogens with one attached hydrogen (secondary N) is 1. The van der Waals surface area contributed by atoms with E-state index in [0.717, 1.165) is 0 Å². The Balaban J connectivity index is 2.20. The molecule has 2 aromatic carbocycles. The summed E-state index contributed by atoms with van der Waals surface area (Å²) in [7, 11) is -0.778. The fraction of sp³-hybridized carbons (Fsp3) is 0.200. The maximum absolute atomic E-state index is 12.4. The molecule has 0 radical (unpaired) electrons. The Morgan fingerprint density at radius 3 is 2.26 bits per heavy atom. The number of halogens is 2. The van der Waals surface area contributed by atoms with Crippen molar-refractivity contribution in [2.24, 2.45) is 0 Å². The summed E-state index contributed by atoms with van der Waals surface area (Å²) in [6.45, 7) is 0.0908. The predicted octanol–water partition coefficient (Wildman–Crippen LogP) is 3.49. The third kappa shape index (κ3) is 4.29. The summed E-state index contributed by atoms with van der Waals surface area (Å²) in [5, 5.41) is 0.785. The van der Waals surface area contributed by atoms with Crippen molar-refractivity contribution >= 4 is 33.2 Å². The van der Waals surface area contributed by atoms with Crippen LogP contribution in [0.3, 0.4) is 0 Å². The monoisotopic (exact) mass is 375 g/mol. The van der Waals surface area contributed by atoms with E-state index in [0.29, 0.717) is 27.1 Å². The smallest absolute Gasteiger partial charge is 0.241 e. The SMILES string of the molecule is COc1ccc(S(=O)(=O)NCc2ccc(Cl)c(Cl)c2)cc1OC. The summed E-state index contributed by atoms with van der Waals surface area (Å²) < 4.78 is 37.4. The maximum atomic E-state index is 12.4. The van der Waals surface area contributed by atoms with Crippen LogP contribution in [0.4, 0.5) is 0 Å². The van der Waals surface area contributed by atoms with Gasteiger partial charge in [-0.1, -0.05) is 29.3 Å². The molecule has 2 aromatic rings. The number of ether oxygens (including phenoxy) is 2. The van der Waals surface area contributed by atoms with Gasteiger partial charge in [-0.25, -0.2) is 13.1 Å². The van der Waals surface area contributed by atoms with Gasteiger partial charge in [0.1, 0.15) is 0 Å². The van der Waals surface area contributed by atoms with Gasteiger partial charge < -0.3 is 9.47 Å². The highest BCUT2D eigenvalue weighted by Crippen LogP contribution is 2.29. The van der Waals surface area contributed by atoms with Crippen LogP contribution in [0.1, 0.15) is 5.56 Å². The van der Waals surface area contributed by atoms with E-state index in [1.807, 2.05) is 0 Å². The van der Waals surface area contributed by atoms with Gasteiger partial charge in [0.25, 0.3) is 0 Å². The largest absolute Gasteiger partial charge is 0.493 e. The average molecular weight is 376 g/mol. The van der Waals surface area contributed by atoms with Crippen LogP contribution in [0.5, 0.6) is 11.5 Å². The Hall–Kier alpha value is -1.47. The van der Waals surface area contributed by atoms with Crippen molar-refractivity contribution in [2.45, 2.75) is 11.4 Å². The van der Waals surface area contributed by atoms with Crippen LogP contribution < -0.4 is 14.2 Å². The third-order valence-electron chi connectivity index (χ3n) is 3.12. The number of hydrogen-bond acceptors (Lipinski definition) is 4. The van der Waals surface area contributed by atoms with E-state index in [-0.39, 0.29) is 11.4 Å². The van der Waals surface area contributed by atoms with E-state index in [4.69, 9.17) is 32.7 Å². The summed E-state index contributed by atoms with van der Waals surface area (Å²) in [5.74, 6) is 0.792. The molecule has 0 bridgehead atoms. The molecular formula is C15H15Cl2NO4S. The van der Waals surface area contributed by atoms with E-state index >= 15 is 0 Å². The molecule has 0 spiro atoms. The Morgan fingerprint density at radius 1 is 0.957 bits per heavy atom. The lowest BCUT2D eigenvalue weighted by Crippen LogP contribution is -2.23. The molecule has 0 aliphatic rings. The van der Waals surface area contributed by atoms with Crippen molar-refractivity contribution in [3.63, 3.8) is 0 Å². The number of benzene rings is 2. The number of sulfonamides is 1. The number of hydrogen-bond donors (Lipinski definition) is 1. The Labute approximate surface area is 145 Å². The van der Waals surface area contributed by atoms with Crippen molar-refractivity contribution in [2.75, 3.05) is 14.2 Å². The van der Waals surface area contributed by atoms with Gasteiger partial charge in [0.05, 0.1) is 29.2 Å². The highest BCUT2D eigenvalue weighted by molar-refractivity contribution is 7.89. The Kier molecular flexibility index (Phi) is 5.75. The molecule has 0 saturated carbocycles. The van der Waals surface area contributed by atoms with Crippen molar-refractivity contribution in [1.29, 1.82) is 0 Å². The van der Waals surface area contributed by atoms with Crippen LogP contribution in [-0.2, 0) is 16.6 Å². The minimum absolute atomic E-state index is 0.0789. The summed E-state index contributed by atoms with van der Waals surface area (Å²) in [5.41, 5.74) is 0.698. The Morgan fingerprint density at radius 2 is 1.65 bits per heavy atom. The maximum Gasteiger partial charge on any atom is 0.241 e. The standard InChI is InChI=1S/C15H15Cl2NO4S/c1-21-14-6-4-11(8-15(14)22-2)23(19,20)18-9-10-3-5-12(16)13(17)7-10/h3-8,18H,9H2,1-2H3. The first-order valence-electron chi connectivity index (χ1n) is 6.53. The molecule has 0 amide bonds. The normalized spacial score (nSPS) is 11.3. The van der Waals surface area contributed by atoms with Gasteiger partial charge in [-0.05, 0) is 29.8 Å². The molecule has 1 N–H and O–H groups in total. The van der Waals surface area contributed by atoms with Crippen LogP contribution >= 0.6 is 23.2 Å². The van der Waals surface area contributed by atoms with Gasteiger partial charge >= 0.3 is 0 Å². The highest BCUT2D eigenvalue weighted by atomic mass is 35.5. The lowest BCUT2D eigenvalue weighted by Gasteiger charge is -2.11. The molecule has 0 atom stereocenters. The molecule has 0 aliphatic heterocycles. The van der Waals surface area contributed by atoms with Crippen LogP contribution in [0, 0.1) is 0 Å². The zero-order valence-corrected chi connectivity index (χ0v) is 14.8. The first-order valence-corrected chi connectivity index (χ1v) is 8.77. The summed E-state index contributed by atoms with van der Waals surface area (Å²) >= 11 is 11.7. The molecule has 0 saturated heterocycles. The molecule has 124 valence electrons. The summed E-state index contributed by atoms with van der Waals surface area (Å²) in [6, 6.07) is 9.30. The second-order valence-electron chi connectivity index (χ2n) is 4.59. The van der Waals surface area contributed by atoms with E-state index in [9.17, 15) is 8.42 Å². The molecule has 5 nitrogen and oxygen atoms in total. The first-order chi connectivity index (χ1) is 10.9. The molecule has 2 rings (SSSR count). The lowest BCUT2D eigenvalue weighted by molar-refractivity contribution is 0.354. The number of methoxy groups -OCH3 is 2. The molecule has 0 aliphatic carbocycles. The summed E-state index contributed by atoms with van der Waals surface area (Å²) in [4.78, 5) is 0.0789. The minimum Gasteiger partial charge on any atom is -0.493 e. The molecule has 8 heteroatoms. The van der Waals surface area contributed by atoms with E-state index in [1.54, 1.807) is 18.2 Å². The third-order valence-corrected chi connectivity index (χ3v) is 5.25. The first kappa shape index (κ1) is 17.9. The van der Waals surface area contributed by atoms with E-state index in [1.165, 1.54) is 32.4 Å². The minimum atomic E-state index is -3.70. The van der Waals surface area contributed by atoms with Gasteiger partial charge in [0.15, 0.2) is 11.5 Å². The lowest BCUT2D eigenvalue weighted by atomic mass is 10.2. The quantitative estimate of drug-likeness (QED) is 0.838. The fourth-order valence-electron chi connectivity index (χ4n) is 1.89. The molecule has 0 heterocycles. The van der Waals surface area contributed by atoms with Crippen molar-refractivity contribution in [3.8, 4) is 11.5 Å². The van der Waals surface area contributed by atoms with Crippen LogP contribution in [-0.4, -0.2) is 22.6 Å². The van der Waals surface area contributed by atoms with Crippen molar-refractivity contribution in [1.82, 2.24) is 4.72 Å². The van der Waals surface area contributed by atoms with Gasteiger partial charge in [-0.15, -0.1) is 0 Å². The average Bonchev–Trinajstić information content (AvgIpc) is 2.55. The van der Waals surface area contributed by atoms with E-state index < -0.39 is 10.0 Å². The molecule has 23 heavy (non-hydrogen) atoms. The zero-order valence-electron chi connectivity index (χ0n) is 12.5. The van der Waals surface area contributed by atoms with Gasteiger partial charge in [-0.3, -0.25) is 0 Å². The molecular weight excluding hydrogens is 361 g/mol. The zero-order chi connectivity index (χ0) is 17.0. The molecule has 0 unspecified atom stereocenters. The van der Waals surface area contributed by atoms with Gasteiger partial charge in [0.2, 0.25) is 10.0 Å². The molecule has 0 fully saturated rings. The van der Waals surface area contributed by atoms with Crippen molar-refractivity contribution < 1.29 is 17.9 Å². The predicted molar refractivity (Wildman–Crippen MR) is 90.0 cm³/mol. The van der Waals surface area contributed by atoms with E-state index in [2.05, 4.69) is 4.72 Å². The Bertz CT molecular complexity index is 809. The second-order valence-corrected chi connectivity index (χ2v) is 7.17. The fourth-order valence-corrected chi connectivity index (χ4v) is 3.25. The number of rotatable bonds is 6. The topological polar surface area (TPSA) is 64.6 Å².